The minimum atomic E-state index is -0.337. The Kier molecular flexibility index (Phi) is 7.33. The molecule has 1 aromatic carbocycles. The summed E-state index contributed by atoms with van der Waals surface area (Å²) in [5.41, 5.74) is 4.12. The molecule has 0 radical (unpaired) electrons. The molecular weight excluding hydrogens is 392 g/mol. The molecule has 5 nitrogen and oxygen atoms in total. The van der Waals surface area contributed by atoms with Gasteiger partial charge in [0.25, 0.3) is 0 Å². The summed E-state index contributed by atoms with van der Waals surface area (Å²) in [4.78, 5) is 28.3. The van der Waals surface area contributed by atoms with Gasteiger partial charge in [-0.3, -0.25) is 9.59 Å². The molecule has 2 heterocycles. The third-order valence-electron chi connectivity index (χ3n) is 4.09. The quantitative estimate of drug-likeness (QED) is 0.424. The number of nitrogens with one attached hydrogen (secondary N) is 1. The van der Waals surface area contributed by atoms with Gasteiger partial charge in [-0.05, 0) is 30.4 Å². The smallest absolute Gasteiger partial charge is 0.311 e. The van der Waals surface area contributed by atoms with Gasteiger partial charge in [0, 0.05) is 22.7 Å². The summed E-state index contributed by atoms with van der Waals surface area (Å²) < 4.78 is 5.19. The summed E-state index contributed by atoms with van der Waals surface area (Å²) in [5, 5.41) is 9.59. The van der Waals surface area contributed by atoms with E-state index in [2.05, 4.69) is 10.3 Å². The number of hydrogen-bond acceptors (Lipinski definition) is 6. The van der Waals surface area contributed by atoms with Crippen molar-refractivity contribution in [1.29, 1.82) is 0 Å². The van der Waals surface area contributed by atoms with Crippen LogP contribution in [0, 0.1) is 6.92 Å². The van der Waals surface area contributed by atoms with Crippen LogP contribution in [0.3, 0.4) is 0 Å². The fourth-order valence-electron chi connectivity index (χ4n) is 2.56. The number of carbonyl (C=O) groups excluding carboxylic acids is 2. The van der Waals surface area contributed by atoms with Crippen LogP contribution < -0.4 is 5.32 Å². The first-order chi connectivity index (χ1) is 13.6. The van der Waals surface area contributed by atoms with Gasteiger partial charge < -0.3 is 10.1 Å². The first-order valence-corrected chi connectivity index (χ1v) is 10.9. The van der Waals surface area contributed by atoms with E-state index < -0.39 is 0 Å². The van der Waals surface area contributed by atoms with Gasteiger partial charge in [0.05, 0.1) is 18.7 Å². The number of ether oxygens (including phenoxy) is 1. The zero-order chi connectivity index (χ0) is 19.8. The fraction of sp³-hybridized carbons (Fsp3) is 0.286. The van der Waals surface area contributed by atoms with E-state index in [4.69, 9.17) is 4.74 Å². The number of nitrogens with zero attached hydrogens (tertiary/aromatic N) is 1. The van der Waals surface area contributed by atoms with E-state index in [9.17, 15) is 9.59 Å². The maximum absolute atomic E-state index is 11.9. The lowest BCUT2D eigenvalue weighted by Crippen LogP contribution is -2.28. The van der Waals surface area contributed by atoms with Gasteiger partial charge in [-0.2, -0.15) is 11.3 Å². The first kappa shape index (κ1) is 20.2. The van der Waals surface area contributed by atoms with E-state index in [1.807, 2.05) is 53.4 Å². The lowest BCUT2D eigenvalue weighted by Gasteiger charge is -2.07. The molecule has 3 rings (SSSR count). The van der Waals surface area contributed by atoms with E-state index >= 15 is 0 Å². The van der Waals surface area contributed by atoms with Crippen molar-refractivity contribution in [3.8, 4) is 10.6 Å². The van der Waals surface area contributed by atoms with Crippen LogP contribution in [-0.4, -0.2) is 30.0 Å². The highest BCUT2D eigenvalue weighted by atomic mass is 32.1. The highest BCUT2D eigenvalue weighted by Crippen LogP contribution is 2.25. The van der Waals surface area contributed by atoms with Crippen LogP contribution in [0.25, 0.3) is 10.6 Å². The average molecular weight is 415 g/mol. The third-order valence-corrected chi connectivity index (χ3v) is 5.72. The molecule has 0 fully saturated rings. The largest absolute Gasteiger partial charge is 0.464 e. The van der Waals surface area contributed by atoms with Crippen molar-refractivity contribution in [3.63, 3.8) is 0 Å². The fourth-order valence-corrected chi connectivity index (χ4v) is 4.09. The molecule has 1 amide bonds. The van der Waals surface area contributed by atoms with E-state index in [1.165, 1.54) is 16.9 Å². The first-order valence-electron chi connectivity index (χ1n) is 9.05. The summed E-state index contributed by atoms with van der Waals surface area (Å²) in [6, 6.07) is 10.2. The number of hydrogen-bond donors (Lipinski definition) is 1. The molecule has 7 heteroatoms. The Labute approximate surface area is 172 Å². The molecule has 0 spiro atoms. The van der Waals surface area contributed by atoms with Gasteiger partial charge in [-0.25, -0.2) is 4.98 Å². The molecule has 3 aromatic rings. The van der Waals surface area contributed by atoms with E-state index in [1.54, 1.807) is 11.3 Å². The molecule has 28 heavy (non-hydrogen) atoms. The second-order valence-corrected chi connectivity index (χ2v) is 8.03. The predicted molar refractivity (Wildman–Crippen MR) is 113 cm³/mol. The topological polar surface area (TPSA) is 68.3 Å². The molecule has 146 valence electrons. The average Bonchev–Trinajstić information content (AvgIpc) is 3.36. The minimum absolute atomic E-state index is 0.0449. The zero-order valence-corrected chi connectivity index (χ0v) is 17.3. The molecular formula is C21H22N2O3S2. The number of benzene rings is 1. The Morgan fingerprint density at radius 2 is 1.96 bits per heavy atom. The molecule has 0 aliphatic heterocycles. The lowest BCUT2D eigenvalue weighted by molar-refractivity contribution is -0.143. The Balaban J connectivity index is 1.31. The second kappa shape index (κ2) is 10.1. The summed E-state index contributed by atoms with van der Waals surface area (Å²) >= 11 is 3.13. The number of aromatic nitrogens is 1. The number of carbonyl (C=O) groups is 2. The van der Waals surface area contributed by atoms with Crippen molar-refractivity contribution in [3.05, 3.63) is 63.3 Å². The van der Waals surface area contributed by atoms with Gasteiger partial charge in [-0.15, -0.1) is 11.3 Å². The van der Waals surface area contributed by atoms with Crippen molar-refractivity contribution in [2.75, 3.05) is 13.2 Å². The Morgan fingerprint density at radius 1 is 1.14 bits per heavy atom. The molecule has 2 aromatic heterocycles. The van der Waals surface area contributed by atoms with Crippen molar-refractivity contribution in [2.24, 2.45) is 0 Å². The SMILES string of the molecule is Cc1ccc(CCC(=O)NCCOC(=O)Cc2csc(-c3ccsc3)n2)cc1. The van der Waals surface area contributed by atoms with Crippen LogP contribution in [0.15, 0.2) is 46.5 Å². The number of amides is 1. The van der Waals surface area contributed by atoms with Crippen LogP contribution in [0.5, 0.6) is 0 Å². The number of esters is 1. The highest BCUT2D eigenvalue weighted by molar-refractivity contribution is 7.14. The number of thiazole rings is 1. The van der Waals surface area contributed by atoms with Crippen molar-refractivity contribution >= 4 is 34.6 Å². The molecule has 1 N–H and O–H groups in total. The summed E-state index contributed by atoms with van der Waals surface area (Å²) in [6.45, 7) is 2.52. The van der Waals surface area contributed by atoms with Crippen LogP contribution in [0.1, 0.15) is 23.2 Å². The molecule has 0 aliphatic carbocycles. The number of rotatable bonds is 9. The Hall–Kier alpha value is -2.51. The Bertz CT molecular complexity index is 902. The maximum Gasteiger partial charge on any atom is 0.311 e. The van der Waals surface area contributed by atoms with Gasteiger partial charge in [-0.1, -0.05) is 29.8 Å². The molecule has 0 saturated heterocycles. The predicted octanol–water partition coefficient (Wildman–Crippen LogP) is 4.01. The molecule has 0 bridgehead atoms. The lowest BCUT2D eigenvalue weighted by atomic mass is 10.1. The second-order valence-electron chi connectivity index (χ2n) is 6.39. The standard InChI is InChI=1S/C21H22N2O3S2/c1-15-2-4-16(5-3-15)6-7-19(24)22-9-10-26-20(25)12-18-14-28-21(23-18)17-8-11-27-13-17/h2-5,8,11,13-14H,6-7,9-10,12H2,1H3,(H,22,24). The van der Waals surface area contributed by atoms with Gasteiger partial charge in [0.1, 0.15) is 11.6 Å². The van der Waals surface area contributed by atoms with Crippen molar-refractivity contribution in [2.45, 2.75) is 26.2 Å². The third kappa shape index (κ3) is 6.28. The van der Waals surface area contributed by atoms with Gasteiger partial charge in [0.15, 0.2) is 0 Å². The molecule has 0 aliphatic rings. The molecule has 0 saturated carbocycles. The van der Waals surface area contributed by atoms with Gasteiger partial charge >= 0.3 is 5.97 Å². The maximum atomic E-state index is 11.9. The highest BCUT2D eigenvalue weighted by Gasteiger charge is 2.10. The summed E-state index contributed by atoms with van der Waals surface area (Å²) in [7, 11) is 0. The van der Waals surface area contributed by atoms with Crippen molar-refractivity contribution < 1.29 is 14.3 Å². The van der Waals surface area contributed by atoms with E-state index in [-0.39, 0.29) is 24.9 Å². The summed E-state index contributed by atoms with van der Waals surface area (Å²) in [5.74, 6) is -0.382. The van der Waals surface area contributed by atoms with Crippen LogP contribution in [0.2, 0.25) is 0 Å². The Morgan fingerprint density at radius 3 is 2.71 bits per heavy atom. The number of aryl methyl sites for hydroxylation is 2. The monoisotopic (exact) mass is 414 g/mol. The van der Waals surface area contributed by atoms with Crippen molar-refractivity contribution in [1.82, 2.24) is 10.3 Å². The van der Waals surface area contributed by atoms with Crippen LogP contribution in [0.4, 0.5) is 0 Å². The summed E-state index contributed by atoms with van der Waals surface area (Å²) in [6.07, 6.45) is 1.26. The van der Waals surface area contributed by atoms with Crippen LogP contribution in [-0.2, 0) is 27.2 Å². The number of thiophene rings is 1. The van der Waals surface area contributed by atoms with Gasteiger partial charge in [0.2, 0.25) is 5.91 Å². The van der Waals surface area contributed by atoms with E-state index in [0.717, 1.165) is 16.1 Å². The minimum Gasteiger partial charge on any atom is -0.464 e. The molecule has 0 unspecified atom stereocenters. The normalized spacial score (nSPS) is 10.6. The zero-order valence-electron chi connectivity index (χ0n) is 15.6. The molecule has 0 atom stereocenters. The van der Waals surface area contributed by atoms with E-state index in [0.29, 0.717) is 25.1 Å². The van der Waals surface area contributed by atoms with Crippen LogP contribution >= 0.6 is 22.7 Å².